The molecule has 3 heteroatoms. The number of hydrogen-bond donors (Lipinski definition) is 1. The summed E-state index contributed by atoms with van der Waals surface area (Å²) in [6, 6.07) is 8.62. The lowest BCUT2D eigenvalue weighted by atomic mass is 10.1. The van der Waals surface area contributed by atoms with E-state index in [0.717, 1.165) is 29.8 Å². The van der Waals surface area contributed by atoms with Gasteiger partial charge in [0.15, 0.2) is 0 Å². The van der Waals surface area contributed by atoms with Crippen LogP contribution in [0.15, 0.2) is 28.7 Å². The van der Waals surface area contributed by atoms with Crippen molar-refractivity contribution in [1.82, 2.24) is 5.32 Å². The molecule has 0 aliphatic carbocycles. The maximum atomic E-state index is 5.70. The topological polar surface area (TPSA) is 21.3 Å². The van der Waals surface area contributed by atoms with Gasteiger partial charge >= 0.3 is 0 Å². The highest BCUT2D eigenvalue weighted by molar-refractivity contribution is 9.10. The predicted octanol–water partition coefficient (Wildman–Crippen LogP) is 4.00. The highest BCUT2D eigenvalue weighted by atomic mass is 79.9. The van der Waals surface area contributed by atoms with Crippen LogP contribution in [0.3, 0.4) is 0 Å². The van der Waals surface area contributed by atoms with Gasteiger partial charge in [0, 0.05) is 10.5 Å². The normalized spacial score (nSPS) is 12.4. The first kappa shape index (κ1) is 14.5. The molecule has 0 amide bonds. The average molecular weight is 300 g/mol. The van der Waals surface area contributed by atoms with E-state index in [0.29, 0.717) is 6.04 Å². The van der Waals surface area contributed by atoms with Crippen LogP contribution >= 0.6 is 15.9 Å². The largest absolute Gasteiger partial charge is 0.494 e. The highest BCUT2D eigenvalue weighted by Gasteiger charge is 2.03. The van der Waals surface area contributed by atoms with Crippen molar-refractivity contribution in [3.05, 3.63) is 28.7 Å². The SMILES string of the molecule is CCNC(CC)CCCOc1cccc(Br)c1. The minimum absolute atomic E-state index is 0.631. The molecule has 0 fully saturated rings. The first-order valence-corrected chi connectivity index (χ1v) is 7.17. The van der Waals surface area contributed by atoms with E-state index in [2.05, 4.69) is 35.1 Å². The van der Waals surface area contributed by atoms with E-state index < -0.39 is 0 Å². The van der Waals surface area contributed by atoms with Gasteiger partial charge in [-0.15, -0.1) is 0 Å². The molecule has 0 heterocycles. The lowest BCUT2D eigenvalue weighted by Crippen LogP contribution is -2.28. The molecule has 0 spiro atoms. The van der Waals surface area contributed by atoms with Crippen molar-refractivity contribution in [3.63, 3.8) is 0 Å². The molecule has 1 unspecified atom stereocenters. The second kappa shape index (κ2) is 8.54. The van der Waals surface area contributed by atoms with Crippen LogP contribution in [0.4, 0.5) is 0 Å². The summed E-state index contributed by atoms with van der Waals surface area (Å²) in [5.41, 5.74) is 0. The molecule has 0 aliphatic heterocycles. The van der Waals surface area contributed by atoms with Gasteiger partial charge in [0.25, 0.3) is 0 Å². The lowest BCUT2D eigenvalue weighted by molar-refractivity contribution is 0.295. The Kier molecular flexibility index (Phi) is 7.29. The molecule has 17 heavy (non-hydrogen) atoms. The molecule has 1 atom stereocenters. The Balaban J connectivity index is 2.19. The van der Waals surface area contributed by atoms with Crippen molar-refractivity contribution in [1.29, 1.82) is 0 Å². The molecule has 0 radical (unpaired) electrons. The Morgan fingerprint density at radius 1 is 1.35 bits per heavy atom. The molecule has 0 aliphatic rings. The Morgan fingerprint density at radius 3 is 2.82 bits per heavy atom. The molecule has 1 aromatic carbocycles. The van der Waals surface area contributed by atoms with Crippen LogP contribution in [-0.2, 0) is 0 Å². The monoisotopic (exact) mass is 299 g/mol. The summed E-state index contributed by atoms with van der Waals surface area (Å²) in [4.78, 5) is 0. The van der Waals surface area contributed by atoms with E-state index in [1.165, 1.54) is 12.8 Å². The molecule has 0 aromatic heterocycles. The number of hydrogen-bond acceptors (Lipinski definition) is 2. The molecule has 0 saturated heterocycles. The number of ether oxygens (including phenoxy) is 1. The molecule has 0 saturated carbocycles. The summed E-state index contributed by atoms with van der Waals surface area (Å²) in [5, 5.41) is 3.48. The lowest BCUT2D eigenvalue weighted by Gasteiger charge is -2.15. The summed E-state index contributed by atoms with van der Waals surface area (Å²) in [6.07, 6.45) is 3.46. The predicted molar refractivity (Wildman–Crippen MR) is 76.6 cm³/mol. The van der Waals surface area contributed by atoms with Crippen LogP contribution in [0.1, 0.15) is 33.1 Å². The van der Waals surface area contributed by atoms with Gasteiger partial charge in [-0.25, -0.2) is 0 Å². The van der Waals surface area contributed by atoms with Gasteiger partial charge in [0.05, 0.1) is 6.61 Å². The van der Waals surface area contributed by atoms with Gasteiger partial charge in [0.2, 0.25) is 0 Å². The third-order valence-electron chi connectivity index (χ3n) is 2.75. The summed E-state index contributed by atoms with van der Waals surface area (Å²) in [6.45, 7) is 6.21. The van der Waals surface area contributed by atoms with Crippen LogP contribution in [0, 0.1) is 0 Å². The Hall–Kier alpha value is -0.540. The van der Waals surface area contributed by atoms with Crippen molar-refractivity contribution < 1.29 is 4.74 Å². The second-order valence-corrected chi connectivity index (χ2v) is 5.03. The van der Waals surface area contributed by atoms with Crippen molar-refractivity contribution in [2.75, 3.05) is 13.2 Å². The molecular weight excluding hydrogens is 278 g/mol. The van der Waals surface area contributed by atoms with Gasteiger partial charge < -0.3 is 10.1 Å². The smallest absolute Gasteiger partial charge is 0.120 e. The number of halogens is 1. The minimum Gasteiger partial charge on any atom is -0.494 e. The fourth-order valence-corrected chi connectivity index (χ4v) is 2.19. The van der Waals surface area contributed by atoms with E-state index >= 15 is 0 Å². The summed E-state index contributed by atoms with van der Waals surface area (Å²) in [5.74, 6) is 0.941. The van der Waals surface area contributed by atoms with Crippen molar-refractivity contribution >= 4 is 15.9 Å². The van der Waals surface area contributed by atoms with Crippen LogP contribution in [-0.4, -0.2) is 19.2 Å². The van der Waals surface area contributed by atoms with Gasteiger partial charge in [-0.3, -0.25) is 0 Å². The molecule has 1 rings (SSSR count). The zero-order valence-corrected chi connectivity index (χ0v) is 12.3. The van der Waals surface area contributed by atoms with Crippen LogP contribution < -0.4 is 10.1 Å². The maximum Gasteiger partial charge on any atom is 0.120 e. The summed E-state index contributed by atoms with van der Waals surface area (Å²) < 4.78 is 6.77. The second-order valence-electron chi connectivity index (χ2n) is 4.11. The third kappa shape index (κ3) is 6.08. The third-order valence-corrected chi connectivity index (χ3v) is 3.24. The standard InChI is InChI=1S/C14H22BrNO/c1-3-13(16-4-2)8-6-10-17-14-9-5-7-12(15)11-14/h5,7,9,11,13,16H,3-4,6,8,10H2,1-2H3. The molecular formula is C14H22BrNO. The first-order chi connectivity index (χ1) is 8.26. The fourth-order valence-electron chi connectivity index (χ4n) is 1.82. The Morgan fingerprint density at radius 2 is 2.18 bits per heavy atom. The minimum atomic E-state index is 0.631. The fraction of sp³-hybridized carbons (Fsp3) is 0.571. The van der Waals surface area contributed by atoms with Gasteiger partial charge in [-0.1, -0.05) is 35.8 Å². The average Bonchev–Trinajstić information content (AvgIpc) is 2.33. The van der Waals surface area contributed by atoms with E-state index in [9.17, 15) is 0 Å². The van der Waals surface area contributed by atoms with Crippen LogP contribution in [0.5, 0.6) is 5.75 Å². The molecule has 1 N–H and O–H groups in total. The van der Waals surface area contributed by atoms with Gasteiger partial charge in [0.1, 0.15) is 5.75 Å². The number of rotatable bonds is 8. The van der Waals surface area contributed by atoms with Gasteiger partial charge in [-0.05, 0) is 44.0 Å². The Bertz CT molecular complexity index is 317. The van der Waals surface area contributed by atoms with E-state index in [-0.39, 0.29) is 0 Å². The van der Waals surface area contributed by atoms with Crippen molar-refractivity contribution in [2.24, 2.45) is 0 Å². The molecule has 2 nitrogen and oxygen atoms in total. The maximum absolute atomic E-state index is 5.70. The van der Waals surface area contributed by atoms with E-state index in [4.69, 9.17) is 4.74 Å². The number of benzene rings is 1. The summed E-state index contributed by atoms with van der Waals surface area (Å²) in [7, 11) is 0. The first-order valence-electron chi connectivity index (χ1n) is 6.38. The van der Waals surface area contributed by atoms with Crippen LogP contribution in [0.2, 0.25) is 0 Å². The quantitative estimate of drug-likeness (QED) is 0.733. The van der Waals surface area contributed by atoms with Crippen molar-refractivity contribution in [3.8, 4) is 5.75 Å². The highest BCUT2D eigenvalue weighted by Crippen LogP contribution is 2.18. The zero-order chi connectivity index (χ0) is 12.5. The molecule has 96 valence electrons. The number of nitrogens with one attached hydrogen (secondary N) is 1. The van der Waals surface area contributed by atoms with Gasteiger partial charge in [-0.2, -0.15) is 0 Å². The molecule has 1 aromatic rings. The molecule has 0 bridgehead atoms. The van der Waals surface area contributed by atoms with Crippen LogP contribution in [0.25, 0.3) is 0 Å². The van der Waals surface area contributed by atoms with Crippen molar-refractivity contribution in [2.45, 2.75) is 39.2 Å². The van der Waals surface area contributed by atoms with E-state index in [1.54, 1.807) is 0 Å². The Labute approximate surface area is 113 Å². The zero-order valence-electron chi connectivity index (χ0n) is 10.7. The van der Waals surface area contributed by atoms with E-state index in [1.807, 2.05) is 24.3 Å². The summed E-state index contributed by atoms with van der Waals surface area (Å²) >= 11 is 3.44.